The number of ether oxygens (including phenoxy) is 1. The van der Waals surface area contributed by atoms with E-state index in [0.717, 1.165) is 72.5 Å². The molecule has 1 saturated carbocycles. The maximum absolute atomic E-state index is 14.2. The van der Waals surface area contributed by atoms with E-state index in [1.54, 1.807) is 23.9 Å². The van der Waals surface area contributed by atoms with Crippen LogP contribution in [0, 0.1) is 17.7 Å². The molecule has 1 fully saturated rings. The van der Waals surface area contributed by atoms with Crippen LogP contribution in [0.4, 0.5) is 4.39 Å². The Kier molecular flexibility index (Phi) is 8.99. The molecule has 0 radical (unpaired) electrons. The quantitative estimate of drug-likeness (QED) is 0.344. The maximum Gasteiger partial charge on any atom is 0.329 e. The van der Waals surface area contributed by atoms with Crippen LogP contribution in [0.2, 0.25) is 0 Å². The van der Waals surface area contributed by atoms with Crippen LogP contribution in [0.5, 0.6) is 0 Å². The van der Waals surface area contributed by atoms with E-state index in [0.29, 0.717) is 18.4 Å². The predicted molar refractivity (Wildman–Crippen MR) is 139 cm³/mol. The van der Waals surface area contributed by atoms with Gasteiger partial charge in [0.15, 0.2) is 0 Å². The van der Waals surface area contributed by atoms with Crippen LogP contribution < -0.4 is 0 Å². The Morgan fingerprint density at radius 2 is 1.80 bits per heavy atom. The lowest BCUT2D eigenvalue weighted by atomic mass is 9.82. The molecule has 0 aliphatic heterocycles. The highest BCUT2D eigenvalue weighted by Crippen LogP contribution is 2.37. The second kappa shape index (κ2) is 12.4. The van der Waals surface area contributed by atoms with Crippen molar-refractivity contribution in [2.45, 2.75) is 38.6 Å². The number of carbonyl (C=O) groups is 1. The third kappa shape index (κ3) is 6.73. The number of carboxylic acid groups (broad SMARTS) is 1. The van der Waals surface area contributed by atoms with Crippen LogP contribution in [0.1, 0.15) is 31.4 Å². The van der Waals surface area contributed by atoms with Crippen molar-refractivity contribution in [2.24, 2.45) is 11.8 Å². The first kappa shape index (κ1) is 25.5. The number of carboxylic acids is 1. The Morgan fingerprint density at radius 3 is 2.49 bits per heavy atom. The zero-order valence-electron chi connectivity index (χ0n) is 20.2. The molecule has 0 unspecified atom stereocenters. The predicted octanol–water partition coefficient (Wildman–Crippen LogP) is 6.17. The van der Waals surface area contributed by atoms with Crippen LogP contribution >= 0.6 is 11.8 Å². The summed E-state index contributed by atoms with van der Waals surface area (Å²) in [6.45, 7) is 1.13. The number of aromatic nitrogens is 2. The van der Waals surface area contributed by atoms with E-state index in [4.69, 9.17) is 14.9 Å². The molecule has 1 aliphatic carbocycles. The third-order valence-corrected chi connectivity index (χ3v) is 7.35. The second-order valence-electron chi connectivity index (χ2n) is 9.27. The molecular formula is C28H33FN2O3S. The van der Waals surface area contributed by atoms with Gasteiger partial charge in [-0.25, -0.2) is 9.18 Å². The monoisotopic (exact) mass is 496 g/mol. The normalized spacial score (nSPS) is 18.0. The molecule has 1 aliphatic rings. The summed E-state index contributed by atoms with van der Waals surface area (Å²) in [5, 5.41) is 13.9. The molecule has 1 heterocycles. The molecule has 4 rings (SSSR count). The average Bonchev–Trinajstić information content (AvgIpc) is 3.22. The number of nitrogens with zero attached hydrogens (tertiary/aromatic N) is 2. The zero-order valence-corrected chi connectivity index (χ0v) is 21.0. The number of hydrogen-bond acceptors (Lipinski definition) is 4. The van der Waals surface area contributed by atoms with Gasteiger partial charge in [-0.05, 0) is 73.6 Å². The van der Waals surface area contributed by atoms with E-state index in [1.807, 2.05) is 24.3 Å². The van der Waals surface area contributed by atoms with E-state index in [1.165, 1.54) is 6.07 Å². The average molecular weight is 497 g/mol. The van der Waals surface area contributed by atoms with Gasteiger partial charge < -0.3 is 9.84 Å². The Labute approximate surface area is 210 Å². The molecule has 186 valence electrons. The largest absolute Gasteiger partial charge is 0.480 e. The molecule has 35 heavy (non-hydrogen) atoms. The number of benzene rings is 2. The molecule has 3 aromatic rings. The SMILES string of the molecule is CSCCc1c(-c2cccc(F)c2)c(-c2ccccc2)nn1C[C@H]1CC[C@H](COCC(=O)O)CC1. The molecule has 5 nitrogen and oxygen atoms in total. The van der Waals surface area contributed by atoms with Crippen molar-refractivity contribution in [2.75, 3.05) is 25.2 Å². The summed E-state index contributed by atoms with van der Waals surface area (Å²) in [4.78, 5) is 10.7. The topological polar surface area (TPSA) is 64.4 Å². The van der Waals surface area contributed by atoms with Crippen molar-refractivity contribution >= 4 is 17.7 Å². The van der Waals surface area contributed by atoms with Crippen LogP contribution in [-0.2, 0) is 22.5 Å². The van der Waals surface area contributed by atoms with Crippen molar-refractivity contribution in [1.29, 1.82) is 0 Å². The molecule has 0 amide bonds. The highest BCUT2D eigenvalue weighted by Gasteiger charge is 2.26. The second-order valence-corrected chi connectivity index (χ2v) is 10.3. The summed E-state index contributed by atoms with van der Waals surface area (Å²) in [6, 6.07) is 17.0. The molecule has 1 N–H and O–H groups in total. The van der Waals surface area contributed by atoms with E-state index in [9.17, 15) is 9.18 Å². The molecule has 0 saturated heterocycles. The molecule has 0 spiro atoms. The van der Waals surface area contributed by atoms with Crippen molar-refractivity contribution in [1.82, 2.24) is 9.78 Å². The minimum atomic E-state index is -0.918. The number of aliphatic carboxylic acids is 1. The van der Waals surface area contributed by atoms with E-state index in [2.05, 4.69) is 23.1 Å². The fourth-order valence-corrected chi connectivity index (χ4v) is 5.38. The minimum Gasteiger partial charge on any atom is -0.480 e. The van der Waals surface area contributed by atoms with Crippen LogP contribution in [0.15, 0.2) is 54.6 Å². The minimum absolute atomic E-state index is 0.225. The Morgan fingerprint density at radius 1 is 1.09 bits per heavy atom. The van der Waals surface area contributed by atoms with Gasteiger partial charge >= 0.3 is 5.97 Å². The molecular weight excluding hydrogens is 463 g/mol. The molecule has 2 aromatic carbocycles. The van der Waals surface area contributed by atoms with Gasteiger partial charge in [-0.3, -0.25) is 4.68 Å². The van der Waals surface area contributed by atoms with E-state index >= 15 is 0 Å². The van der Waals surface area contributed by atoms with Crippen LogP contribution in [0.3, 0.4) is 0 Å². The third-order valence-electron chi connectivity index (χ3n) is 6.74. The summed E-state index contributed by atoms with van der Waals surface area (Å²) in [5.41, 5.74) is 5.00. The van der Waals surface area contributed by atoms with Crippen LogP contribution in [0.25, 0.3) is 22.4 Å². The Bertz CT molecular complexity index is 1110. The summed E-state index contributed by atoms with van der Waals surface area (Å²) in [7, 11) is 0. The van der Waals surface area contributed by atoms with Crippen molar-refractivity contribution < 1.29 is 19.0 Å². The van der Waals surface area contributed by atoms with Gasteiger partial charge in [-0.1, -0.05) is 42.5 Å². The number of thioether (sulfide) groups is 1. The molecule has 0 atom stereocenters. The molecule has 7 heteroatoms. The van der Waals surface area contributed by atoms with Crippen LogP contribution in [-0.4, -0.2) is 46.1 Å². The molecule has 0 bridgehead atoms. The van der Waals surface area contributed by atoms with E-state index in [-0.39, 0.29) is 12.4 Å². The fourth-order valence-electron chi connectivity index (χ4n) is 4.98. The van der Waals surface area contributed by atoms with E-state index < -0.39 is 5.97 Å². The van der Waals surface area contributed by atoms with Crippen molar-refractivity contribution in [3.63, 3.8) is 0 Å². The van der Waals surface area contributed by atoms with Gasteiger partial charge in [0.25, 0.3) is 0 Å². The standard InChI is InChI=1S/C28H33FN2O3S/c1-35-15-14-25-27(23-8-5-9-24(29)16-23)28(22-6-3-2-4-7-22)30-31(25)17-20-10-12-21(13-11-20)18-34-19-26(32)33/h2-9,16,20-21H,10-15,17-19H2,1H3,(H,32,33)/t20-,21-. The highest BCUT2D eigenvalue weighted by molar-refractivity contribution is 7.98. The lowest BCUT2D eigenvalue weighted by molar-refractivity contribution is -0.142. The zero-order chi connectivity index (χ0) is 24.6. The summed E-state index contributed by atoms with van der Waals surface area (Å²) < 4.78 is 21.7. The smallest absolute Gasteiger partial charge is 0.329 e. The van der Waals surface area contributed by atoms with Crippen molar-refractivity contribution in [3.8, 4) is 22.4 Å². The lowest BCUT2D eigenvalue weighted by Crippen LogP contribution is -2.24. The number of hydrogen-bond donors (Lipinski definition) is 1. The van der Waals surface area contributed by atoms with Gasteiger partial charge in [-0.15, -0.1) is 0 Å². The van der Waals surface area contributed by atoms with Gasteiger partial charge in [0, 0.05) is 23.4 Å². The summed E-state index contributed by atoms with van der Waals surface area (Å²) in [5.74, 6) is 0.729. The Balaban J connectivity index is 1.60. The highest BCUT2D eigenvalue weighted by atomic mass is 32.2. The summed E-state index contributed by atoms with van der Waals surface area (Å²) >= 11 is 1.80. The summed E-state index contributed by atoms with van der Waals surface area (Å²) in [6.07, 6.45) is 7.18. The first-order valence-electron chi connectivity index (χ1n) is 12.2. The molecule has 1 aromatic heterocycles. The van der Waals surface area contributed by atoms with Gasteiger partial charge in [-0.2, -0.15) is 16.9 Å². The number of halogens is 1. The van der Waals surface area contributed by atoms with Crippen molar-refractivity contribution in [3.05, 3.63) is 66.1 Å². The lowest BCUT2D eigenvalue weighted by Gasteiger charge is -2.28. The first-order chi connectivity index (χ1) is 17.0. The Hall–Kier alpha value is -2.64. The fraction of sp³-hybridized carbons (Fsp3) is 0.429. The first-order valence-corrected chi connectivity index (χ1v) is 13.6. The van der Waals surface area contributed by atoms with Gasteiger partial charge in [0.2, 0.25) is 0 Å². The number of rotatable bonds is 11. The van der Waals surface area contributed by atoms with Gasteiger partial charge in [0.05, 0.1) is 6.61 Å². The van der Waals surface area contributed by atoms with Gasteiger partial charge in [0.1, 0.15) is 18.1 Å². The maximum atomic E-state index is 14.2.